The van der Waals surface area contributed by atoms with Gasteiger partial charge in [0, 0.05) is 11.3 Å². The number of anilines is 1. The van der Waals surface area contributed by atoms with Gasteiger partial charge in [0.1, 0.15) is 6.61 Å². The lowest BCUT2D eigenvalue weighted by Crippen LogP contribution is -2.15. The van der Waals surface area contributed by atoms with Gasteiger partial charge in [-0.2, -0.15) is 0 Å². The SMILES string of the molecule is O=S(=O)(Cc1ccccc1)Nc1cccc(C#CCO)c1. The van der Waals surface area contributed by atoms with E-state index in [4.69, 9.17) is 5.11 Å². The van der Waals surface area contributed by atoms with Crippen LogP contribution in [0.3, 0.4) is 0 Å². The molecule has 0 radical (unpaired) electrons. The van der Waals surface area contributed by atoms with E-state index in [-0.39, 0.29) is 12.4 Å². The van der Waals surface area contributed by atoms with Gasteiger partial charge in [-0.25, -0.2) is 8.42 Å². The number of hydrogen-bond donors (Lipinski definition) is 2. The largest absolute Gasteiger partial charge is 0.384 e. The second kappa shape index (κ2) is 6.93. The number of sulfonamides is 1. The topological polar surface area (TPSA) is 66.4 Å². The summed E-state index contributed by atoms with van der Waals surface area (Å²) in [7, 11) is -3.47. The number of nitrogens with one attached hydrogen (secondary N) is 1. The molecule has 0 spiro atoms. The summed E-state index contributed by atoms with van der Waals surface area (Å²) in [6.45, 7) is -0.232. The van der Waals surface area contributed by atoms with Crippen molar-refractivity contribution in [2.24, 2.45) is 0 Å². The Balaban J connectivity index is 2.13. The minimum atomic E-state index is -3.47. The molecule has 0 saturated carbocycles. The van der Waals surface area contributed by atoms with E-state index >= 15 is 0 Å². The normalized spacial score (nSPS) is 10.5. The van der Waals surface area contributed by atoms with E-state index in [9.17, 15) is 8.42 Å². The molecule has 2 aromatic carbocycles. The third-order valence-electron chi connectivity index (χ3n) is 2.65. The van der Waals surface area contributed by atoms with Gasteiger partial charge in [0.25, 0.3) is 0 Å². The first-order valence-electron chi connectivity index (χ1n) is 6.33. The fraction of sp³-hybridized carbons (Fsp3) is 0.125. The van der Waals surface area contributed by atoms with Gasteiger partial charge in [0.05, 0.1) is 5.75 Å². The fourth-order valence-corrected chi connectivity index (χ4v) is 3.00. The van der Waals surface area contributed by atoms with Crippen LogP contribution in [0, 0.1) is 11.8 Å². The van der Waals surface area contributed by atoms with E-state index in [1.165, 1.54) is 0 Å². The summed E-state index contributed by atoms with van der Waals surface area (Å²) in [5.74, 6) is 5.18. The zero-order valence-corrected chi connectivity index (χ0v) is 12.1. The predicted octanol–water partition coefficient (Wildman–Crippen LogP) is 1.97. The molecule has 0 atom stereocenters. The minimum absolute atomic E-state index is 0.0830. The Hall–Kier alpha value is -2.29. The smallest absolute Gasteiger partial charge is 0.236 e. The lowest BCUT2D eigenvalue weighted by molar-refractivity contribution is 0.350. The van der Waals surface area contributed by atoms with E-state index in [0.29, 0.717) is 11.3 Å². The maximum atomic E-state index is 12.1. The summed E-state index contributed by atoms with van der Waals surface area (Å²) in [6, 6.07) is 15.7. The van der Waals surface area contributed by atoms with Crippen LogP contribution in [0.2, 0.25) is 0 Å². The quantitative estimate of drug-likeness (QED) is 0.849. The van der Waals surface area contributed by atoms with Gasteiger partial charge in [0.15, 0.2) is 0 Å². The second-order valence-electron chi connectivity index (χ2n) is 4.39. The predicted molar refractivity (Wildman–Crippen MR) is 83.1 cm³/mol. The summed E-state index contributed by atoms with van der Waals surface area (Å²) in [5.41, 5.74) is 1.82. The van der Waals surface area contributed by atoms with Gasteiger partial charge >= 0.3 is 0 Å². The van der Waals surface area contributed by atoms with Crippen molar-refractivity contribution in [3.8, 4) is 11.8 Å². The molecular weight excluding hydrogens is 286 g/mol. The Morgan fingerprint density at radius 1 is 1.05 bits per heavy atom. The molecule has 0 saturated heterocycles. The summed E-state index contributed by atoms with van der Waals surface area (Å²) < 4.78 is 26.7. The van der Waals surface area contributed by atoms with Crippen molar-refractivity contribution < 1.29 is 13.5 Å². The average molecular weight is 301 g/mol. The van der Waals surface area contributed by atoms with Crippen LogP contribution < -0.4 is 4.72 Å². The molecule has 2 aromatic rings. The van der Waals surface area contributed by atoms with Crippen LogP contribution in [0.1, 0.15) is 11.1 Å². The maximum Gasteiger partial charge on any atom is 0.236 e. The molecule has 0 fully saturated rings. The molecule has 4 nitrogen and oxygen atoms in total. The summed E-state index contributed by atoms with van der Waals surface area (Å²) >= 11 is 0. The third kappa shape index (κ3) is 4.95. The average Bonchev–Trinajstić information content (AvgIpc) is 2.45. The van der Waals surface area contributed by atoms with Crippen LogP contribution >= 0.6 is 0 Å². The summed E-state index contributed by atoms with van der Waals surface area (Å²) in [5, 5.41) is 8.66. The highest BCUT2D eigenvalue weighted by Crippen LogP contribution is 2.14. The molecule has 0 amide bonds. The molecule has 5 heteroatoms. The van der Waals surface area contributed by atoms with Gasteiger partial charge in [-0.1, -0.05) is 48.2 Å². The van der Waals surface area contributed by atoms with Gasteiger partial charge in [-0.3, -0.25) is 4.72 Å². The Labute approximate surface area is 124 Å². The van der Waals surface area contributed by atoms with Crippen molar-refractivity contribution in [3.63, 3.8) is 0 Å². The lowest BCUT2D eigenvalue weighted by Gasteiger charge is -2.08. The van der Waals surface area contributed by atoms with E-state index in [1.54, 1.807) is 48.5 Å². The standard InChI is InChI=1S/C16H15NO3S/c18-11-5-9-14-8-4-10-16(12-14)17-21(19,20)13-15-6-2-1-3-7-15/h1-4,6-8,10,12,17-18H,11,13H2. The highest BCUT2D eigenvalue weighted by molar-refractivity contribution is 7.91. The van der Waals surface area contributed by atoms with E-state index in [2.05, 4.69) is 16.6 Å². The number of hydrogen-bond acceptors (Lipinski definition) is 3. The van der Waals surface area contributed by atoms with Crippen LogP contribution in [0.15, 0.2) is 54.6 Å². The number of benzene rings is 2. The monoisotopic (exact) mass is 301 g/mol. The fourth-order valence-electron chi connectivity index (χ4n) is 1.81. The molecule has 0 unspecified atom stereocenters. The molecule has 0 bridgehead atoms. The first-order valence-corrected chi connectivity index (χ1v) is 7.98. The third-order valence-corrected chi connectivity index (χ3v) is 3.91. The molecular formula is C16H15NO3S. The number of rotatable bonds is 4. The van der Waals surface area contributed by atoms with Gasteiger partial charge < -0.3 is 5.11 Å². The molecule has 0 aromatic heterocycles. The first-order chi connectivity index (χ1) is 10.1. The molecule has 0 aliphatic carbocycles. The van der Waals surface area contributed by atoms with E-state index in [1.807, 2.05) is 6.07 Å². The van der Waals surface area contributed by atoms with Crippen molar-refractivity contribution in [2.45, 2.75) is 5.75 Å². The Kier molecular flexibility index (Phi) is 4.99. The van der Waals surface area contributed by atoms with Crippen molar-refractivity contribution >= 4 is 15.7 Å². The van der Waals surface area contributed by atoms with E-state index in [0.717, 1.165) is 5.56 Å². The maximum absolute atomic E-state index is 12.1. The Bertz CT molecular complexity index is 759. The highest BCUT2D eigenvalue weighted by Gasteiger charge is 2.11. The highest BCUT2D eigenvalue weighted by atomic mass is 32.2. The van der Waals surface area contributed by atoms with Gasteiger partial charge in [-0.05, 0) is 23.8 Å². The van der Waals surface area contributed by atoms with Crippen LogP contribution in [-0.2, 0) is 15.8 Å². The number of aliphatic hydroxyl groups is 1. The molecule has 0 aliphatic rings. The van der Waals surface area contributed by atoms with Crippen molar-refractivity contribution in [2.75, 3.05) is 11.3 Å². The van der Waals surface area contributed by atoms with Gasteiger partial charge in [-0.15, -0.1) is 0 Å². The van der Waals surface area contributed by atoms with E-state index < -0.39 is 10.0 Å². The zero-order chi connectivity index (χ0) is 15.1. The van der Waals surface area contributed by atoms with Crippen LogP contribution in [-0.4, -0.2) is 20.1 Å². The van der Waals surface area contributed by atoms with Crippen LogP contribution in [0.5, 0.6) is 0 Å². The number of aliphatic hydroxyl groups excluding tert-OH is 1. The minimum Gasteiger partial charge on any atom is -0.384 e. The molecule has 0 heterocycles. The molecule has 2 rings (SSSR count). The summed E-state index contributed by atoms with van der Waals surface area (Å²) in [4.78, 5) is 0. The second-order valence-corrected chi connectivity index (χ2v) is 6.11. The summed E-state index contributed by atoms with van der Waals surface area (Å²) in [6.07, 6.45) is 0. The molecule has 2 N–H and O–H groups in total. The first kappa shape index (κ1) is 15.1. The Morgan fingerprint density at radius 3 is 2.52 bits per heavy atom. The zero-order valence-electron chi connectivity index (χ0n) is 11.3. The van der Waals surface area contributed by atoms with Crippen LogP contribution in [0.4, 0.5) is 5.69 Å². The van der Waals surface area contributed by atoms with Crippen molar-refractivity contribution in [1.82, 2.24) is 0 Å². The molecule has 21 heavy (non-hydrogen) atoms. The van der Waals surface area contributed by atoms with Gasteiger partial charge in [0.2, 0.25) is 10.0 Å². The van der Waals surface area contributed by atoms with Crippen molar-refractivity contribution in [3.05, 3.63) is 65.7 Å². The Morgan fingerprint density at radius 2 is 1.81 bits per heavy atom. The lowest BCUT2D eigenvalue weighted by atomic mass is 10.2. The van der Waals surface area contributed by atoms with Crippen molar-refractivity contribution in [1.29, 1.82) is 0 Å². The molecule has 108 valence electrons. The van der Waals surface area contributed by atoms with Crippen LogP contribution in [0.25, 0.3) is 0 Å². The molecule has 0 aliphatic heterocycles.